The first kappa shape index (κ1) is 18.2. The Labute approximate surface area is 155 Å². The van der Waals surface area contributed by atoms with Crippen molar-refractivity contribution in [1.29, 1.82) is 0 Å². The number of rotatable bonds is 5. The minimum absolute atomic E-state index is 0.116. The molecule has 4 nitrogen and oxygen atoms in total. The van der Waals surface area contributed by atoms with Crippen LogP contribution in [0, 0.1) is 0 Å². The number of nitrogens with zero attached hydrogens (tertiary/aromatic N) is 1. The number of hydrogen-bond acceptors (Lipinski definition) is 3. The maximum absolute atomic E-state index is 12.3. The Kier molecular flexibility index (Phi) is 6.44. The van der Waals surface area contributed by atoms with E-state index in [1.54, 1.807) is 22.8 Å². The first-order valence-electron chi connectivity index (χ1n) is 6.79. The molecule has 0 amide bonds. The predicted molar refractivity (Wildman–Crippen MR) is 97.5 cm³/mol. The Morgan fingerprint density at radius 2 is 1.96 bits per heavy atom. The number of carbonyl (C=O) groups is 1. The van der Waals surface area contributed by atoms with Crippen LogP contribution < -0.4 is 5.56 Å². The third kappa shape index (κ3) is 4.25. The van der Waals surface area contributed by atoms with Crippen LogP contribution in [0.1, 0.15) is 21.6 Å². The van der Waals surface area contributed by atoms with E-state index in [2.05, 4.69) is 36.6 Å². The van der Waals surface area contributed by atoms with Crippen LogP contribution >= 0.6 is 43.5 Å². The van der Waals surface area contributed by atoms with E-state index in [9.17, 15) is 9.59 Å². The van der Waals surface area contributed by atoms with E-state index in [1.807, 2.05) is 12.1 Å². The lowest BCUT2D eigenvalue weighted by atomic mass is 10.1. The summed E-state index contributed by atoms with van der Waals surface area (Å²) in [6.07, 6.45) is 0.647. The second-order valence-corrected chi connectivity index (χ2v) is 6.64. The van der Waals surface area contributed by atoms with Gasteiger partial charge in [-0.1, -0.05) is 39.7 Å². The fraction of sp³-hybridized carbons (Fsp3) is 0.250. The summed E-state index contributed by atoms with van der Waals surface area (Å²) in [5.74, 6) is -0.367. The molecule has 0 N–H and O–H groups in total. The first-order chi connectivity index (χ1) is 11.0. The monoisotopic (exact) mass is 461 g/mol. The van der Waals surface area contributed by atoms with Crippen LogP contribution in [0.15, 0.2) is 39.6 Å². The average Bonchev–Trinajstić information content (AvgIpc) is 2.56. The van der Waals surface area contributed by atoms with Crippen LogP contribution in [0.2, 0.25) is 5.02 Å². The zero-order valence-electron chi connectivity index (χ0n) is 12.3. The number of esters is 1. The van der Waals surface area contributed by atoms with Crippen LogP contribution in [0.4, 0.5) is 0 Å². The number of hydrogen-bond donors (Lipinski definition) is 0. The largest absolute Gasteiger partial charge is 0.465 e. The molecular weight excluding hydrogens is 449 g/mol. The molecule has 0 aliphatic carbocycles. The van der Waals surface area contributed by atoms with Crippen molar-refractivity contribution in [3.8, 4) is 0 Å². The lowest BCUT2D eigenvalue weighted by Gasteiger charge is -2.13. The molecule has 0 saturated carbocycles. The van der Waals surface area contributed by atoms with Crippen LogP contribution in [-0.4, -0.2) is 17.6 Å². The number of alkyl halides is 1. The van der Waals surface area contributed by atoms with Gasteiger partial charge in [-0.15, -0.1) is 0 Å². The molecule has 1 aromatic carbocycles. The van der Waals surface area contributed by atoms with Gasteiger partial charge in [-0.3, -0.25) is 4.79 Å². The number of pyridine rings is 1. The summed E-state index contributed by atoms with van der Waals surface area (Å²) in [7, 11) is 1.35. The molecule has 0 saturated heterocycles. The van der Waals surface area contributed by atoms with Gasteiger partial charge in [0.1, 0.15) is 0 Å². The van der Waals surface area contributed by atoms with Gasteiger partial charge in [-0.25, -0.2) is 4.79 Å². The molecule has 2 aromatic rings. The number of aromatic nitrogens is 1. The second kappa shape index (κ2) is 8.13. The third-order valence-corrected chi connectivity index (χ3v) is 4.86. The van der Waals surface area contributed by atoms with Crippen molar-refractivity contribution >= 4 is 49.4 Å². The smallest absolute Gasteiger partial charge is 0.337 e. The topological polar surface area (TPSA) is 48.3 Å². The van der Waals surface area contributed by atoms with Crippen LogP contribution in [-0.2, 0) is 23.0 Å². The lowest BCUT2D eigenvalue weighted by molar-refractivity contribution is 0.0600. The summed E-state index contributed by atoms with van der Waals surface area (Å²) in [6, 6.07) is 8.74. The van der Waals surface area contributed by atoms with Gasteiger partial charge in [0.2, 0.25) is 0 Å². The van der Waals surface area contributed by atoms with Gasteiger partial charge in [0.15, 0.2) is 0 Å². The van der Waals surface area contributed by atoms with E-state index in [0.717, 1.165) is 11.3 Å². The molecule has 0 radical (unpaired) electrons. The van der Waals surface area contributed by atoms with Gasteiger partial charge in [-0.2, -0.15) is 0 Å². The Hall–Kier alpha value is -1.11. The normalized spacial score (nSPS) is 10.6. The molecule has 0 bridgehead atoms. The van der Waals surface area contributed by atoms with Crippen LogP contribution in [0.25, 0.3) is 0 Å². The fourth-order valence-corrected chi connectivity index (χ4v) is 3.79. The van der Waals surface area contributed by atoms with Crippen molar-refractivity contribution in [3.63, 3.8) is 0 Å². The number of aryl methyl sites for hydroxylation is 1. The van der Waals surface area contributed by atoms with Crippen molar-refractivity contribution in [3.05, 3.63) is 67.0 Å². The summed E-state index contributed by atoms with van der Waals surface area (Å²) >= 11 is 12.8. The van der Waals surface area contributed by atoms with Crippen molar-refractivity contribution in [1.82, 2.24) is 4.57 Å². The maximum atomic E-state index is 12.3. The van der Waals surface area contributed by atoms with Crippen molar-refractivity contribution in [2.45, 2.75) is 18.3 Å². The molecule has 0 atom stereocenters. The molecule has 0 spiro atoms. The molecule has 2 rings (SSSR count). The Balaban J connectivity index is 2.21. The second-order valence-electron chi connectivity index (χ2n) is 4.82. The third-order valence-electron chi connectivity index (χ3n) is 3.43. The molecule has 1 heterocycles. The van der Waals surface area contributed by atoms with Gasteiger partial charge in [0.05, 0.1) is 27.9 Å². The molecule has 0 aliphatic heterocycles. The fourth-order valence-electron chi connectivity index (χ4n) is 2.18. The highest BCUT2D eigenvalue weighted by molar-refractivity contribution is 9.10. The number of ether oxygens (including phenoxy) is 1. The summed E-state index contributed by atoms with van der Waals surface area (Å²) < 4.78 is 6.75. The van der Waals surface area contributed by atoms with Crippen molar-refractivity contribution in [2.24, 2.45) is 0 Å². The molecular formula is C16H14Br2ClNO3. The summed E-state index contributed by atoms with van der Waals surface area (Å²) in [6.45, 7) is 0.497. The number of carbonyl (C=O) groups excluding carboxylic acids is 1. The molecule has 122 valence electrons. The van der Waals surface area contributed by atoms with E-state index in [0.29, 0.717) is 33.4 Å². The highest BCUT2D eigenvalue weighted by Gasteiger charge is 2.12. The zero-order chi connectivity index (χ0) is 17.0. The van der Waals surface area contributed by atoms with Gasteiger partial charge >= 0.3 is 5.97 Å². The van der Waals surface area contributed by atoms with E-state index in [1.165, 1.54) is 7.11 Å². The summed E-state index contributed by atoms with van der Waals surface area (Å²) in [5.41, 5.74) is 2.14. The SMILES string of the molecule is COC(=O)c1ccc(CCn2c(CBr)c(Cl)cc(Br)c2=O)cc1. The van der Waals surface area contributed by atoms with Crippen molar-refractivity contribution in [2.75, 3.05) is 7.11 Å². The predicted octanol–water partition coefficient (Wildman–Crippen LogP) is 4.19. The van der Waals surface area contributed by atoms with E-state index < -0.39 is 0 Å². The average molecular weight is 464 g/mol. The van der Waals surface area contributed by atoms with E-state index in [4.69, 9.17) is 11.6 Å². The molecule has 0 aliphatic rings. The van der Waals surface area contributed by atoms with Gasteiger partial charge < -0.3 is 9.30 Å². The summed E-state index contributed by atoms with van der Waals surface area (Å²) in [4.78, 5) is 23.7. The highest BCUT2D eigenvalue weighted by atomic mass is 79.9. The Morgan fingerprint density at radius 1 is 1.30 bits per heavy atom. The molecule has 7 heteroatoms. The van der Waals surface area contributed by atoms with Crippen molar-refractivity contribution < 1.29 is 9.53 Å². The van der Waals surface area contributed by atoms with E-state index >= 15 is 0 Å². The Bertz CT molecular complexity index is 772. The maximum Gasteiger partial charge on any atom is 0.337 e. The lowest BCUT2D eigenvalue weighted by Crippen LogP contribution is -2.25. The highest BCUT2D eigenvalue weighted by Crippen LogP contribution is 2.21. The van der Waals surface area contributed by atoms with Crippen LogP contribution in [0.5, 0.6) is 0 Å². The number of benzene rings is 1. The van der Waals surface area contributed by atoms with Gasteiger partial charge in [0, 0.05) is 11.9 Å². The molecule has 0 fully saturated rings. The number of halogens is 3. The van der Waals surface area contributed by atoms with Crippen LogP contribution in [0.3, 0.4) is 0 Å². The quantitative estimate of drug-likeness (QED) is 0.494. The number of methoxy groups -OCH3 is 1. The minimum atomic E-state index is -0.367. The van der Waals surface area contributed by atoms with E-state index in [-0.39, 0.29) is 11.5 Å². The first-order valence-corrected chi connectivity index (χ1v) is 9.08. The zero-order valence-corrected chi connectivity index (χ0v) is 16.2. The molecule has 0 unspecified atom stereocenters. The minimum Gasteiger partial charge on any atom is -0.465 e. The molecule has 1 aromatic heterocycles. The summed E-state index contributed by atoms with van der Waals surface area (Å²) in [5, 5.41) is 1.03. The van der Waals surface area contributed by atoms with Gasteiger partial charge in [0.25, 0.3) is 5.56 Å². The standard InChI is InChI=1S/C16H14Br2ClNO3/c1-23-16(22)11-4-2-10(3-5-11)6-7-20-14(9-17)13(19)8-12(18)15(20)21/h2-5,8H,6-7,9H2,1H3. The molecule has 23 heavy (non-hydrogen) atoms. The Morgan fingerprint density at radius 3 is 2.52 bits per heavy atom. The van der Waals surface area contributed by atoms with Gasteiger partial charge in [-0.05, 0) is 46.1 Å².